The number of carbonyl (C=O) groups excluding carboxylic acids is 1. The van der Waals surface area contributed by atoms with Crippen LogP contribution in [0.4, 0.5) is 0 Å². The standard InChI is InChI=1S/C15H28N4O2.HI/c1-5-10(2)17-15(16-9-14(20)19(3)4)18-12-8-11-6-7-13(12)21-11;/h10-13H,5-9H2,1-4H3,(H2,16,17,18);1H. The zero-order valence-electron chi connectivity index (χ0n) is 14.0. The van der Waals surface area contributed by atoms with Gasteiger partial charge in [-0.15, -0.1) is 24.0 Å². The Labute approximate surface area is 150 Å². The molecule has 4 atom stereocenters. The summed E-state index contributed by atoms with van der Waals surface area (Å²) in [4.78, 5) is 17.7. The van der Waals surface area contributed by atoms with Gasteiger partial charge in [-0.25, -0.2) is 4.99 Å². The van der Waals surface area contributed by atoms with E-state index in [4.69, 9.17) is 4.74 Å². The van der Waals surface area contributed by atoms with Crippen molar-refractivity contribution in [3.8, 4) is 0 Å². The molecule has 2 aliphatic heterocycles. The van der Waals surface area contributed by atoms with E-state index in [2.05, 4.69) is 29.5 Å². The SMILES string of the molecule is CCC(C)NC(=NCC(=O)N(C)C)NC1CC2CCC1O2.I. The van der Waals surface area contributed by atoms with Crippen molar-refractivity contribution in [3.63, 3.8) is 0 Å². The number of amides is 1. The highest BCUT2D eigenvalue weighted by atomic mass is 127. The summed E-state index contributed by atoms with van der Waals surface area (Å²) in [5.41, 5.74) is 0. The second-order valence-corrected chi connectivity index (χ2v) is 6.27. The van der Waals surface area contributed by atoms with E-state index in [9.17, 15) is 4.79 Å². The molecule has 7 heteroatoms. The molecule has 4 unspecified atom stereocenters. The molecule has 22 heavy (non-hydrogen) atoms. The summed E-state index contributed by atoms with van der Waals surface area (Å²) in [5.74, 6) is 0.727. The Hall–Kier alpha value is -0.570. The average Bonchev–Trinajstić information content (AvgIpc) is 3.06. The van der Waals surface area contributed by atoms with E-state index < -0.39 is 0 Å². The van der Waals surface area contributed by atoms with Crippen LogP contribution in [-0.2, 0) is 9.53 Å². The molecule has 1 amide bonds. The number of carbonyl (C=O) groups is 1. The number of hydrogen-bond donors (Lipinski definition) is 2. The zero-order chi connectivity index (χ0) is 15.4. The van der Waals surface area contributed by atoms with E-state index in [0.29, 0.717) is 24.3 Å². The van der Waals surface area contributed by atoms with Crippen LogP contribution in [-0.4, -0.2) is 61.7 Å². The first-order chi connectivity index (χ1) is 9.99. The third-order valence-electron chi connectivity index (χ3n) is 4.29. The molecule has 2 aliphatic rings. The monoisotopic (exact) mass is 424 g/mol. The number of ether oxygens (including phenoxy) is 1. The largest absolute Gasteiger partial charge is 0.373 e. The number of likely N-dealkylation sites (N-methyl/N-ethyl adjacent to an activating group) is 1. The molecule has 128 valence electrons. The van der Waals surface area contributed by atoms with E-state index >= 15 is 0 Å². The van der Waals surface area contributed by atoms with Crippen LogP contribution in [0.1, 0.15) is 39.5 Å². The lowest BCUT2D eigenvalue weighted by atomic mass is 9.96. The van der Waals surface area contributed by atoms with Crippen molar-refractivity contribution >= 4 is 35.8 Å². The molecule has 2 bridgehead atoms. The first-order valence-corrected chi connectivity index (χ1v) is 7.92. The van der Waals surface area contributed by atoms with Gasteiger partial charge in [0.1, 0.15) is 6.54 Å². The third-order valence-corrected chi connectivity index (χ3v) is 4.29. The predicted octanol–water partition coefficient (Wildman–Crippen LogP) is 1.35. The lowest BCUT2D eigenvalue weighted by molar-refractivity contribution is -0.127. The van der Waals surface area contributed by atoms with Gasteiger partial charge in [-0.3, -0.25) is 4.79 Å². The minimum absolute atomic E-state index is 0. The second kappa shape index (κ2) is 8.90. The summed E-state index contributed by atoms with van der Waals surface area (Å²) in [5, 5.41) is 6.81. The summed E-state index contributed by atoms with van der Waals surface area (Å²) >= 11 is 0. The van der Waals surface area contributed by atoms with Gasteiger partial charge >= 0.3 is 0 Å². The molecule has 6 nitrogen and oxygen atoms in total. The van der Waals surface area contributed by atoms with E-state index in [1.807, 2.05) is 0 Å². The number of nitrogens with zero attached hydrogens (tertiary/aromatic N) is 2. The fourth-order valence-electron chi connectivity index (χ4n) is 2.72. The van der Waals surface area contributed by atoms with E-state index in [0.717, 1.165) is 25.2 Å². The smallest absolute Gasteiger partial charge is 0.243 e. The number of aliphatic imine (C=N–C) groups is 1. The van der Waals surface area contributed by atoms with Gasteiger partial charge in [-0.05, 0) is 32.6 Å². The molecule has 0 aliphatic carbocycles. The molecule has 2 saturated heterocycles. The first kappa shape index (κ1) is 19.5. The van der Waals surface area contributed by atoms with Crippen molar-refractivity contribution in [1.82, 2.24) is 15.5 Å². The van der Waals surface area contributed by atoms with Crippen LogP contribution in [0.3, 0.4) is 0 Å². The van der Waals surface area contributed by atoms with Crippen molar-refractivity contribution in [2.24, 2.45) is 4.99 Å². The molecular weight excluding hydrogens is 395 g/mol. The highest BCUT2D eigenvalue weighted by Crippen LogP contribution is 2.34. The zero-order valence-corrected chi connectivity index (χ0v) is 16.3. The molecule has 2 rings (SSSR count). The first-order valence-electron chi connectivity index (χ1n) is 7.92. The van der Waals surface area contributed by atoms with Crippen molar-refractivity contribution < 1.29 is 9.53 Å². The van der Waals surface area contributed by atoms with Crippen molar-refractivity contribution in [3.05, 3.63) is 0 Å². The van der Waals surface area contributed by atoms with E-state index in [1.165, 1.54) is 6.42 Å². The molecule has 2 heterocycles. The summed E-state index contributed by atoms with van der Waals surface area (Å²) in [6.07, 6.45) is 5.04. The number of fused-ring (bicyclic) bond motifs is 2. The second-order valence-electron chi connectivity index (χ2n) is 6.27. The molecule has 2 fully saturated rings. The molecule has 0 aromatic carbocycles. The summed E-state index contributed by atoms with van der Waals surface area (Å²) in [6, 6.07) is 0.638. The maximum Gasteiger partial charge on any atom is 0.243 e. The maximum atomic E-state index is 11.7. The van der Waals surface area contributed by atoms with Crippen molar-refractivity contribution in [1.29, 1.82) is 0 Å². The number of rotatable bonds is 5. The number of guanidine groups is 1. The topological polar surface area (TPSA) is 66.0 Å². The Morgan fingerprint density at radius 3 is 2.64 bits per heavy atom. The van der Waals surface area contributed by atoms with Crippen LogP contribution < -0.4 is 10.6 Å². The van der Waals surface area contributed by atoms with Crippen molar-refractivity contribution in [2.75, 3.05) is 20.6 Å². The minimum Gasteiger partial charge on any atom is -0.373 e. The van der Waals surface area contributed by atoms with E-state index in [1.54, 1.807) is 19.0 Å². The molecule has 0 radical (unpaired) electrons. The van der Waals surface area contributed by atoms with Gasteiger partial charge < -0.3 is 20.3 Å². The van der Waals surface area contributed by atoms with Crippen LogP contribution in [0.15, 0.2) is 4.99 Å². The van der Waals surface area contributed by atoms with Crippen LogP contribution >= 0.6 is 24.0 Å². The van der Waals surface area contributed by atoms with Gasteiger partial charge in [0.25, 0.3) is 0 Å². The Balaban J connectivity index is 0.00000242. The summed E-state index contributed by atoms with van der Waals surface area (Å²) < 4.78 is 5.86. The van der Waals surface area contributed by atoms with Gasteiger partial charge in [0.2, 0.25) is 5.91 Å². The van der Waals surface area contributed by atoms with Crippen LogP contribution in [0.25, 0.3) is 0 Å². The Bertz CT molecular complexity index is 403. The lowest BCUT2D eigenvalue weighted by Crippen LogP contribution is -2.50. The molecule has 0 aromatic heterocycles. The number of halogens is 1. The molecular formula is C15H29IN4O2. The Morgan fingerprint density at radius 2 is 2.14 bits per heavy atom. The van der Waals surface area contributed by atoms with Crippen molar-refractivity contribution in [2.45, 2.75) is 63.8 Å². The van der Waals surface area contributed by atoms with Crippen LogP contribution in [0.2, 0.25) is 0 Å². The van der Waals surface area contributed by atoms with Crippen LogP contribution in [0, 0.1) is 0 Å². The number of nitrogens with one attached hydrogen (secondary N) is 2. The number of hydrogen-bond acceptors (Lipinski definition) is 3. The lowest BCUT2D eigenvalue weighted by Gasteiger charge is -2.24. The summed E-state index contributed by atoms with van der Waals surface area (Å²) in [7, 11) is 3.49. The van der Waals surface area contributed by atoms with Gasteiger partial charge in [0, 0.05) is 20.1 Å². The molecule has 2 N–H and O–H groups in total. The predicted molar refractivity (Wildman–Crippen MR) is 98.7 cm³/mol. The third kappa shape index (κ3) is 5.26. The van der Waals surface area contributed by atoms with Gasteiger partial charge in [0.15, 0.2) is 5.96 Å². The minimum atomic E-state index is 0. The average molecular weight is 424 g/mol. The highest BCUT2D eigenvalue weighted by molar-refractivity contribution is 14.0. The molecule has 0 saturated carbocycles. The Kier molecular flexibility index (Phi) is 7.88. The molecule has 0 aromatic rings. The summed E-state index contributed by atoms with van der Waals surface area (Å²) in [6.45, 7) is 4.41. The van der Waals surface area contributed by atoms with Gasteiger partial charge in [-0.1, -0.05) is 6.92 Å². The Morgan fingerprint density at radius 1 is 1.41 bits per heavy atom. The van der Waals surface area contributed by atoms with Gasteiger partial charge in [-0.2, -0.15) is 0 Å². The van der Waals surface area contributed by atoms with Crippen LogP contribution in [0.5, 0.6) is 0 Å². The molecule has 0 spiro atoms. The maximum absolute atomic E-state index is 11.7. The fourth-order valence-corrected chi connectivity index (χ4v) is 2.72. The quantitative estimate of drug-likeness (QED) is 0.397. The fraction of sp³-hybridized carbons (Fsp3) is 0.867. The normalized spacial score (nSPS) is 28.0. The van der Waals surface area contributed by atoms with E-state index in [-0.39, 0.29) is 36.4 Å². The van der Waals surface area contributed by atoms with Gasteiger partial charge in [0.05, 0.1) is 18.2 Å². The highest BCUT2D eigenvalue weighted by Gasteiger charge is 2.41.